The highest BCUT2D eigenvalue weighted by molar-refractivity contribution is 5.92. The minimum Gasteiger partial charge on any atom is -0.434 e. The SMILES string of the molecule is C=CO/C(=N/C)N(C)C(=O)N(C)C. The lowest BCUT2D eigenvalue weighted by molar-refractivity contribution is 0.193. The van der Waals surface area contributed by atoms with Gasteiger partial charge in [-0.15, -0.1) is 0 Å². The van der Waals surface area contributed by atoms with E-state index in [1.807, 2.05) is 0 Å². The molecule has 0 saturated heterocycles. The molecule has 0 aromatic rings. The molecule has 0 aromatic heterocycles. The highest BCUT2D eigenvalue weighted by Crippen LogP contribution is 1.95. The molecule has 2 amide bonds. The van der Waals surface area contributed by atoms with Gasteiger partial charge in [-0.3, -0.25) is 4.90 Å². The quantitative estimate of drug-likeness (QED) is 0.343. The zero-order chi connectivity index (χ0) is 10.4. The minimum atomic E-state index is -0.206. The van der Waals surface area contributed by atoms with E-state index in [0.29, 0.717) is 0 Å². The molecule has 13 heavy (non-hydrogen) atoms. The van der Waals surface area contributed by atoms with Crippen molar-refractivity contribution in [1.29, 1.82) is 0 Å². The number of ether oxygens (including phenoxy) is 1. The van der Waals surface area contributed by atoms with E-state index < -0.39 is 0 Å². The highest BCUT2D eigenvalue weighted by Gasteiger charge is 2.16. The van der Waals surface area contributed by atoms with E-state index >= 15 is 0 Å². The summed E-state index contributed by atoms with van der Waals surface area (Å²) in [4.78, 5) is 17.9. The smallest absolute Gasteiger partial charge is 0.327 e. The molecule has 0 unspecified atom stereocenters. The Morgan fingerprint density at radius 2 is 2.00 bits per heavy atom. The summed E-state index contributed by atoms with van der Waals surface area (Å²) in [6, 6.07) is 0.0103. The Labute approximate surface area is 78.3 Å². The van der Waals surface area contributed by atoms with Gasteiger partial charge in [0.15, 0.2) is 0 Å². The molecule has 0 bridgehead atoms. The van der Waals surface area contributed by atoms with Crippen molar-refractivity contribution >= 4 is 12.1 Å². The van der Waals surface area contributed by atoms with E-state index in [4.69, 9.17) is 4.74 Å². The van der Waals surface area contributed by atoms with Crippen molar-refractivity contribution in [3.8, 4) is 0 Å². The molecule has 0 heterocycles. The fraction of sp³-hybridized carbons (Fsp3) is 0.500. The molecule has 0 N–H and O–H groups in total. The third kappa shape index (κ3) is 3.14. The van der Waals surface area contributed by atoms with Crippen LogP contribution in [0.25, 0.3) is 0 Å². The van der Waals surface area contributed by atoms with Gasteiger partial charge in [0, 0.05) is 28.2 Å². The van der Waals surface area contributed by atoms with Crippen molar-refractivity contribution < 1.29 is 9.53 Å². The number of carbonyl (C=O) groups excluding carboxylic acids is 1. The Hall–Kier alpha value is -1.52. The second kappa shape index (κ2) is 5.18. The lowest BCUT2D eigenvalue weighted by atomic mass is 10.7. The summed E-state index contributed by atoms with van der Waals surface area (Å²) in [5.41, 5.74) is 0. The van der Waals surface area contributed by atoms with Crippen LogP contribution in [-0.2, 0) is 4.74 Å². The van der Waals surface area contributed by atoms with Gasteiger partial charge in [-0.05, 0) is 0 Å². The predicted octanol–water partition coefficient (Wildman–Crippen LogP) is 0.746. The average molecular weight is 185 g/mol. The van der Waals surface area contributed by atoms with Gasteiger partial charge in [0.25, 0.3) is 6.02 Å². The van der Waals surface area contributed by atoms with E-state index in [1.165, 1.54) is 23.1 Å². The van der Waals surface area contributed by atoms with Crippen LogP contribution in [0.2, 0.25) is 0 Å². The number of aliphatic imine (C=N–C) groups is 1. The second-order valence-electron chi connectivity index (χ2n) is 2.53. The molecule has 0 aliphatic carbocycles. The van der Waals surface area contributed by atoms with Gasteiger partial charge in [-0.25, -0.2) is 9.79 Å². The Kier molecular flexibility index (Phi) is 4.58. The summed E-state index contributed by atoms with van der Waals surface area (Å²) in [6.45, 7) is 3.38. The fourth-order valence-corrected chi connectivity index (χ4v) is 0.738. The molecule has 5 nitrogen and oxygen atoms in total. The first kappa shape index (κ1) is 11.5. The van der Waals surface area contributed by atoms with Crippen molar-refractivity contribution in [2.45, 2.75) is 0 Å². The van der Waals surface area contributed by atoms with Crippen molar-refractivity contribution in [3.63, 3.8) is 0 Å². The third-order valence-electron chi connectivity index (χ3n) is 1.34. The monoisotopic (exact) mass is 185 g/mol. The maximum Gasteiger partial charge on any atom is 0.327 e. The maximum atomic E-state index is 11.4. The Balaban J connectivity index is 4.46. The average Bonchev–Trinajstić information content (AvgIpc) is 2.11. The highest BCUT2D eigenvalue weighted by atomic mass is 16.5. The standard InChI is InChI=1S/C8H15N3O2/c1-6-13-7(9-2)11(5)8(12)10(3)4/h6H,1H2,2-5H3/b9-7+. The van der Waals surface area contributed by atoms with Gasteiger partial charge in [-0.1, -0.05) is 6.58 Å². The van der Waals surface area contributed by atoms with E-state index in [1.54, 1.807) is 21.1 Å². The van der Waals surface area contributed by atoms with Gasteiger partial charge in [0.2, 0.25) is 0 Å². The molecule has 0 saturated carbocycles. The first-order chi connectivity index (χ1) is 6.04. The molecule has 74 valence electrons. The van der Waals surface area contributed by atoms with Crippen LogP contribution in [0.1, 0.15) is 0 Å². The van der Waals surface area contributed by atoms with Crippen molar-refractivity contribution in [3.05, 3.63) is 12.8 Å². The zero-order valence-corrected chi connectivity index (χ0v) is 8.44. The summed E-state index contributed by atoms with van der Waals surface area (Å²) in [5.74, 6) is 0. The van der Waals surface area contributed by atoms with Crippen LogP contribution in [0.4, 0.5) is 4.79 Å². The van der Waals surface area contributed by atoms with Crippen molar-refractivity contribution in [2.24, 2.45) is 4.99 Å². The summed E-state index contributed by atoms with van der Waals surface area (Å²) < 4.78 is 4.92. The van der Waals surface area contributed by atoms with Crippen LogP contribution in [0.3, 0.4) is 0 Å². The minimum absolute atomic E-state index is 0.206. The number of hydrogen-bond acceptors (Lipinski definition) is 3. The molecule has 0 aromatic carbocycles. The molecule has 0 aliphatic heterocycles. The van der Waals surface area contributed by atoms with Crippen LogP contribution in [-0.4, -0.2) is 50.0 Å². The van der Waals surface area contributed by atoms with Gasteiger partial charge >= 0.3 is 6.03 Å². The number of carbonyl (C=O) groups is 1. The normalized spacial score (nSPS) is 10.6. The topological polar surface area (TPSA) is 45.1 Å². The van der Waals surface area contributed by atoms with Gasteiger partial charge < -0.3 is 9.64 Å². The zero-order valence-electron chi connectivity index (χ0n) is 8.44. The van der Waals surface area contributed by atoms with E-state index in [9.17, 15) is 4.79 Å². The van der Waals surface area contributed by atoms with Gasteiger partial charge in [0.05, 0.1) is 6.26 Å². The predicted molar refractivity (Wildman–Crippen MR) is 51.5 cm³/mol. The molecule has 0 aliphatic rings. The van der Waals surface area contributed by atoms with E-state index in [-0.39, 0.29) is 12.1 Å². The molecular weight excluding hydrogens is 170 g/mol. The van der Waals surface area contributed by atoms with Crippen molar-refractivity contribution in [2.75, 3.05) is 28.2 Å². The molecule has 0 radical (unpaired) electrons. The summed E-state index contributed by atoms with van der Waals surface area (Å²) >= 11 is 0. The lowest BCUT2D eigenvalue weighted by Crippen LogP contribution is -2.40. The molecule has 0 fully saturated rings. The Bertz CT molecular complexity index is 223. The molecular formula is C8H15N3O2. The largest absolute Gasteiger partial charge is 0.434 e. The number of urea groups is 1. The number of amides is 2. The maximum absolute atomic E-state index is 11.4. The lowest BCUT2D eigenvalue weighted by Gasteiger charge is -2.21. The number of amidine groups is 1. The van der Waals surface area contributed by atoms with Crippen LogP contribution in [0, 0.1) is 0 Å². The van der Waals surface area contributed by atoms with Crippen LogP contribution >= 0.6 is 0 Å². The van der Waals surface area contributed by atoms with E-state index in [0.717, 1.165) is 0 Å². The Morgan fingerprint density at radius 1 is 1.46 bits per heavy atom. The summed E-state index contributed by atoms with van der Waals surface area (Å²) in [7, 11) is 6.42. The van der Waals surface area contributed by atoms with Crippen molar-refractivity contribution in [1.82, 2.24) is 9.80 Å². The third-order valence-corrected chi connectivity index (χ3v) is 1.34. The fourth-order valence-electron chi connectivity index (χ4n) is 0.738. The van der Waals surface area contributed by atoms with Gasteiger partial charge in [-0.2, -0.15) is 0 Å². The summed E-state index contributed by atoms with van der Waals surface area (Å²) in [6.07, 6.45) is 1.22. The second-order valence-corrected chi connectivity index (χ2v) is 2.53. The van der Waals surface area contributed by atoms with Crippen LogP contribution in [0.15, 0.2) is 17.8 Å². The molecule has 5 heteroatoms. The van der Waals surface area contributed by atoms with Gasteiger partial charge in [0.1, 0.15) is 0 Å². The molecule has 0 atom stereocenters. The number of hydrogen-bond donors (Lipinski definition) is 0. The van der Waals surface area contributed by atoms with Crippen LogP contribution < -0.4 is 0 Å². The first-order valence-corrected chi connectivity index (χ1v) is 3.74. The van der Waals surface area contributed by atoms with E-state index in [2.05, 4.69) is 11.6 Å². The molecule has 0 spiro atoms. The first-order valence-electron chi connectivity index (χ1n) is 3.74. The Morgan fingerprint density at radius 3 is 2.31 bits per heavy atom. The van der Waals surface area contributed by atoms with Crippen LogP contribution in [0.5, 0.6) is 0 Å². The summed E-state index contributed by atoms with van der Waals surface area (Å²) in [5, 5.41) is 0. The number of rotatable bonds is 1. The number of nitrogens with zero attached hydrogens (tertiary/aromatic N) is 3. The molecule has 0 rings (SSSR count).